The second-order valence-electron chi connectivity index (χ2n) is 7.16. The van der Waals surface area contributed by atoms with Gasteiger partial charge in [0.15, 0.2) is 5.96 Å². The molecule has 0 spiro atoms. The number of hydrogen-bond acceptors (Lipinski definition) is 4. The number of nitrogens with one attached hydrogen (secondary N) is 3. The van der Waals surface area contributed by atoms with Crippen molar-refractivity contribution in [2.45, 2.75) is 32.4 Å². The van der Waals surface area contributed by atoms with Crippen LogP contribution in [0.1, 0.15) is 25.3 Å². The minimum absolute atomic E-state index is 0.00436. The zero-order chi connectivity index (χ0) is 21.2. The number of guanidine groups is 1. The summed E-state index contributed by atoms with van der Waals surface area (Å²) in [6.07, 6.45) is 3.08. The second-order valence-corrected chi connectivity index (χ2v) is 7.56. The van der Waals surface area contributed by atoms with E-state index in [2.05, 4.69) is 30.8 Å². The molecule has 8 heteroatoms. The number of carbonyl (C=O) groups excluding carboxylic acids is 1. The van der Waals surface area contributed by atoms with Crippen molar-refractivity contribution in [3.8, 4) is 0 Å². The fourth-order valence-electron chi connectivity index (χ4n) is 3.35. The number of benzene rings is 1. The molecule has 7 nitrogen and oxygen atoms in total. The summed E-state index contributed by atoms with van der Waals surface area (Å²) in [6.45, 7) is 5.44. The molecule has 160 valence electrons. The molecule has 0 bridgehead atoms. The van der Waals surface area contributed by atoms with Crippen LogP contribution in [0.25, 0.3) is 0 Å². The molecule has 2 aromatic rings. The van der Waals surface area contributed by atoms with Crippen LogP contribution >= 0.6 is 11.6 Å². The van der Waals surface area contributed by atoms with Crippen molar-refractivity contribution in [1.82, 2.24) is 20.9 Å². The Bertz CT molecular complexity index is 845. The highest BCUT2D eigenvalue weighted by Crippen LogP contribution is 2.25. The van der Waals surface area contributed by atoms with Gasteiger partial charge in [-0.05, 0) is 31.0 Å². The minimum atomic E-state index is -0.00436. The molecule has 0 radical (unpaired) electrons. The molecule has 3 N–H and O–H groups in total. The van der Waals surface area contributed by atoms with Gasteiger partial charge >= 0.3 is 0 Å². The molecule has 1 aliphatic heterocycles. The lowest BCUT2D eigenvalue weighted by Crippen LogP contribution is -2.44. The van der Waals surface area contributed by atoms with Crippen LogP contribution in [0.15, 0.2) is 53.7 Å². The maximum atomic E-state index is 12.1. The molecule has 0 aliphatic carbocycles. The van der Waals surface area contributed by atoms with Crippen molar-refractivity contribution in [3.05, 3.63) is 59.2 Å². The third-order valence-electron chi connectivity index (χ3n) is 4.85. The van der Waals surface area contributed by atoms with Gasteiger partial charge in [-0.25, -0.2) is 4.98 Å². The van der Waals surface area contributed by atoms with E-state index in [9.17, 15) is 4.79 Å². The summed E-state index contributed by atoms with van der Waals surface area (Å²) in [4.78, 5) is 23.2. The quantitative estimate of drug-likeness (QED) is 0.444. The van der Waals surface area contributed by atoms with E-state index in [0.29, 0.717) is 24.5 Å². The third-order valence-corrected chi connectivity index (χ3v) is 5.15. The van der Waals surface area contributed by atoms with E-state index >= 15 is 0 Å². The summed E-state index contributed by atoms with van der Waals surface area (Å²) >= 11 is 6.27. The number of aromatic nitrogens is 1. The van der Waals surface area contributed by atoms with Gasteiger partial charge in [0.05, 0.1) is 11.6 Å². The van der Waals surface area contributed by atoms with E-state index in [4.69, 9.17) is 11.6 Å². The Kier molecular flexibility index (Phi) is 8.32. The molecule has 1 atom stereocenters. The number of pyridine rings is 1. The molecule has 0 saturated carbocycles. The highest BCUT2D eigenvalue weighted by atomic mass is 35.5. The zero-order valence-electron chi connectivity index (χ0n) is 17.3. The van der Waals surface area contributed by atoms with Gasteiger partial charge in [-0.1, -0.05) is 41.9 Å². The van der Waals surface area contributed by atoms with Crippen LogP contribution in [0.3, 0.4) is 0 Å². The van der Waals surface area contributed by atoms with Crippen LogP contribution in [-0.4, -0.2) is 49.1 Å². The molecule has 30 heavy (non-hydrogen) atoms. The Labute approximate surface area is 182 Å². The van der Waals surface area contributed by atoms with E-state index in [1.165, 1.54) is 0 Å². The lowest BCUT2D eigenvalue weighted by molar-refractivity contribution is -0.121. The van der Waals surface area contributed by atoms with Crippen molar-refractivity contribution >= 4 is 29.3 Å². The van der Waals surface area contributed by atoms with Crippen molar-refractivity contribution in [2.24, 2.45) is 4.99 Å². The smallest absolute Gasteiger partial charge is 0.222 e. The first-order chi connectivity index (χ1) is 14.7. The van der Waals surface area contributed by atoms with E-state index in [1.807, 2.05) is 49.4 Å². The van der Waals surface area contributed by atoms with Crippen LogP contribution in [-0.2, 0) is 11.3 Å². The number of rotatable bonds is 8. The predicted molar refractivity (Wildman–Crippen MR) is 122 cm³/mol. The van der Waals surface area contributed by atoms with Crippen molar-refractivity contribution in [3.63, 3.8) is 0 Å². The normalized spacial score (nSPS) is 16.4. The molecule has 1 fully saturated rings. The average molecular weight is 429 g/mol. The Balaban J connectivity index is 1.45. The summed E-state index contributed by atoms with van der Waals surface area (Å²) in [5, 5.41) is 10.3. The monoisotopic (exact) mass is 428 g/mol. The topological polar surface area (TPSA) is 81.6 Å². The number of amides is 1. The van der Waals surface area contributed by atoms with Gasteiger partial charge in [-0.2, -0.15) is 0 Å². The van der Waals surface area contributed by atoms with Crippen LogP contribution in [0.4, 0.5) is 5.82 Å². The number of halogens is 1. The highest BCUT2D eigenvalue weighted by Gasteiger charge is 2.25. The number of aliphatic imine (C=N–C) groups is 1. The van der Waals surface area contributed by atoms with Crippen LogP contribution in [0.2, 0.25) is 5.02 Å². The van der Waals surface area contributed by atoms with Crippen molar-refractivity contribution in [1.29, 1.82) is 0 Å². The van der Waals surface area contributed by atoms with E-state index in [0.717, 1.165) is 43.4 Å². The van der Waals surface area contributed by atoms with Gasteiger partial charge in [0.2, 0.25) is 5.91 Å². The molecule has 1 saturated heterocycles. The zero-order valence-corrected chi connectivity index (χ0v) is 18.0. The maximum Gasteiger partial charge on any atom is 0.222 e. The molecule has 1 amide bonds. The Hall–Kier alpha value is -2.80. The molecular formula is C22H29ClN6O. The van der Waals surface area contributed by atoms with Crippen LogP contribution < -0.4 is 20.9 Å². The Morgan fingerprint density at radius 1 is 1.23 bits per heavy atom. The minimum Gasteiger partial charge on any atom is -0.357 e. The Morgan fingerprint density at radius 3 is 2.83 bits per heavy atom. The molecule has 3 rings (SSSR count). The van der Waals surface area contributed by atoms with Gasteiger partial charge in [-0.15, -0.1) is 0 Å². The van der Waals surface area contributed by atoms with Gasteiger partial charge in [0.25, 0.3) is 0 Å². The van der Waals surface area contributed by atoms with Crippen molar-refractivity contribution in [2.75, 3.05) is 31.1 Å². The van der Waals surface area contributed by atoms with Crippen LogP contribution in [0, 0.1) is 0 Å². The van der Waals surface area contributed by atoms with E-state index in [1.54, 1.807) is 6.20 Å². The van der Waals surface area contributed by atoms with E-state index in [-0.39, 0.29) is 11.9 Å². The SMILES string of the molecule is CCNC(=NCCC(=O)NCc1ccccc1)NC1CCN(c2ncccc2Cl)C1. The van der Waals surface area contributed by atoms with Gasteiger partial charge in [0.1, 0.15) is 5.82 Å². The summed E-state index contributed by atoms with van der Waals surface area (Å²) in [6, 6.07) is 13.8. The average Bonchev–Trinajstić information content (AvgIpc) is 3.21. The standard InChI is InChI=1S/C22H29ClN6O/c1-2-24-22(26-13-10-20(30)27-15-17-7-4-3-5-8-17)28-18-11-14-29(16-18)21-19(23)9-6-12-25-21/h3-9,12,18H,2,10-11,13-16H2,1H3,(H,27,30)(H2,24,26,28). The molecule has 1 aromatic heterocycles. The fourth-order valence-corrected chi connectivity index (χ4v) is 3.59. The Morgan fingerprint density at radius 2 is 2.07 bits per heavy atom. The lowest BCUT2D eigenvalue weighted by Gasteiger charge is -2.20. The lowest BCUT2D eigenvalue weighted by atomic mass is 10.2. The molecule has 1 aromatic carbocycles. The number of nitrogens with zero attached hydrogens (tertiary/aromatic N) is 3. The summed E-state index contributed by atoms with van der Waals surface area (Å²) in [5.41, 5.74) is 1.09. The first kappa shape index (κ1) is 21.9. The summed E-state index contributed by atoms with van der Waals surface area (Å²) in [7, 11) is 0. The van der Waals surface area contributed by atoms with E-state index < -0.39 is 0 Å². The first-order valence-corrected chi connectivity index (χ1v) is 10.7. The second kappa shape index (κ2) is 11.4. The fraction of sp³-hybridized carbons (Fsp3) is 0.409. The molecular weight excluding hydrogens is 400 g/mol. The largest absolute Gasteiger partial charge is 0.357 e. The van der Waals surface area contributed by atoms with Crippen LogP contribution in [0.5, 0.6) is 0 Å². The molecule has 1 aliphatic rings. The van der Waals surface area contributed by atoms with Crippen molar-refractivity contribution < 1.29 is 4.79 Å². The van der Waals surface area contributed by atoms with Gasteiger partial charge in [0, 0.05) is 44.8 Å². The summed E-state index contributed by atoms with van der Waals surface area (Å²) in [5.74, 6) is 1.54. The summed E-state index contributed by atoms with van der Waals surface area (Å²) < 4.78 is 0. The maximum absolute atomic E-state index is 12.1. The number of anilines is 1. The molecule has 2 heterocycles. The number of hydrogen-bond donors (Lipinski definition) is 3. The predicted octanol–water partition coefficient (Wildman–Crippen LogP) is 2.58. The molecule has 1 unspecified atom stereocenters. The van der Waals surface area contributed by atoms with Gasteiger partial charge < -0.3 is 20.9 Å². The highest BCUT2D eigenvalue weighted by molar-refractivity contribution is 6.32. The third kappa shape index (κ3) is 6.62. The first-order valence-electron chi connectivity index (χ1n) is 10.4. The number of carbonyl (C=O) groups is 1. The van der Waals surface area contributed by atoms with Gasteiger partial charge in [-0.3, -0.25) is 9.79 Å².